The summed E-state index contributed by atoms with van der Waals surface area (Å²) in [7, 11) is 0. The van der Waals surface area contributed by atoms with Crippen LogP contribution in [0.15, 0.2) is 170 Å². The summed E-state index contributed by atoms with van der Waals surface area (Å²) >= 11 is 1.90. The van der Waals surface area contributed by atoms with E-state index in [2.05, 4.69) is 184 Å². The second-order valence-corrected chi connectivity index (χ2v) is 15.9. The maximum absolute atomic E-state index is 2.47. The first-order chi connectivity index (χ1) is 25.5. The van der Waals surface area contributed by atoms with E-state index >= 15 is 0 Å². The van der Waals surface area contributed by atoms with Crippen molar-refractivity contribution in [3.05, 3.63) is 181 Å². The lowest BCUT2D eigenvalue weighted by atomic mass is 9.81. The van der Waals surface area contributed by atoms with Gasteiger partial charge >= 0.3 is 0 Å². The number of rotatable bonds is 3. The SMILES string of the molecule is CC1(C)c2ccc(-c3ccc(-c4c5ccccc5c(-c5ccc6ccccc6c5)c5ccccc45)cc3)cc2-c2cc3sc4ccccc4c3cc21. The highest BCUT2D eigenvalue weighted by atomic mass is 32.1. The van der Waals surface area contributed by atoms with Gasteiger partial charge in [0.05, 0.1) is 0 Å². The molecule has 0 saturated carbocycles. The third-order valence-corrected chi connectivity index (χ3v) is 12.8. The lowest BCUT2D eigenvalue weighted by Crippen LogP contribution is -2.14. The van der Waals surface area contributed by atoms with Crippen LogP contribution in [0.2, 0.25) is 0 Å². The van der Waals surface area contributed by atoms with Crippen molar-refractivity contribution < 1.29 is 0 Å². The minimum atomic E-state index is -0.0502. The molecule has 0 aliphatic heterocycles. The quantitative estimate of drug-likeness (QED) is 0.163. The van der Waals surface area contributed by atoms with E-state index in [1.165, 1.54) is 108 Å². The van der Waals surface area contributed by atoms with Gasteiger partial charge in [-0.2, -0.15) is 0 Å². The summed E-state index contributed by atoms with van der Waals surface area (Å²) in [5.74, 6) is 0. The van der Waals surface area contributed by atoms with Crippen LogP contribution >= 0.6 is 11.3 Å². The molecule has 10 aromatic rings. The summed E-state index contributed by atoms with van der Waals surface area (Å²) < 4.78 is 2.72. The zero-order valence-corrected chi connectivity index (χ0v) is 29.9. The summed E-state index contributed by atoms with van der Waals surface area (Å²) in [6, 6.07) is 63.5. The Hall–Kier alpha value is -6.02. The molecule has 1 heteroatoms. The van der Waals surface area contributed by atoms with Gasteiger partial charge in [-0.15, -0.1) is 11.3 Å². The van der Waals surface area contributed by atoms with Crippen LogP contribution < -0.4 is 0 Å². The predicted molar refractivity (Wildman–Crippen MR) is 226 cm³/mol. The Balaban J connectivity index is 1.04. The van der Waals surface area contributed by atoms with Crippen molar-refractivity contribution in [1.29, 1.82) is 0 Å². The number of thiophene rings is 1. The fourth-order valence-corrected chi connectivity index (χ4v) is 10.2. The van der Waals surface area contributed by atoms with Crippen molar-refractivity contribution in [1.82, 2.24) is 0 Å². The molecule has 1 aliphatic rings. The van der Waals surface area contributed by atoms with Crippen LogP contribution in [0, 0.1) is 0 Å². The summed E-state index contributed by atoms with van der Waals surface area (Å²) in [6.07, 6.45) is 0. The molecular weight excluding hydrogens is 645 g/mol. The minimum absolute atomic E-state index is 0.0502. The van der Waals surface area contributed by atoms with Crippen LogP contribution in [0.25, 0.3) is 97.0 Å². The van der Waals surface area contributed by atoms with Crippen molar-refractivity contribution >= 4 is 63.8 Å². The molecule has 244 valence electrons. The molecule has 0 atom stereocenters. The molecule has 0 radical (unpaired) electrons. The molecular formula is C51H34S. The molecule has 0 bridgehead atoms. The Morgan fingerprint density at radius 2 is 0.885 bits per heavy atom. The van der Waals surface area contributed by atoms with E-state index in [1.807, 2.05) is 11.3 Å². The molecule has 0 unspecified atom stereocenters. The van der Waals surface area contributed by atoms with Crippen LogP contribution in [0.1, 0.15) is 25.0 Å². The first kappa shape index (κ1) is 29.7. The number of fused-ring (bicyclic) bond motifs is 9. The van der Waals surface area contributed by atoms with Crippen LogP contribution in [0.3, 0.4) is 0 Å². The van der Waals surface area contributed by atoms with Gasteiger partial charge in [-0.05, 0) is 118 Å². The largest absolute Gasteiger partial charge is 0.135 e. The second-order valence-electron chi connectivity index (χ2n) is 14.9. The van der Waals surface area contributed by atoms with Gasteiger partial charge in [-0.3, -0.25) is 0 Å². The first-order valence-corrected chi connectivity index (χ1v) is 19.0. The molecule has 9 aromatic carbocycles. The number of hydrogen-bond acceptors (Lipinski definition) is 1. The molecule has 0 amide bonds. The van der Waals surface area contributed by atoms with Gasteiger partial charge in [0.2, 0.25) is 0 Å². The Bertz CT molecular complexity index is 3030. The number of hydrogen-bond donors (Lipinski definition) is 0. The molecule has 0 saturated heterocycles. The standard InChI is InChI=1S/C51H34S/c1-51(2)45-26-25-35(28-42(45)43-30-48-44(29-46(43)51)37-13-9-10-18-47(37)52-48)32-19-22-33(23-20-32)49-38-14-5-7-16-40(38)50(41-17-8-6-15-39(41)49)36-24-21-31-11-3-4-12-34(31)27-36/h3-30H,1-2H3. The summed E-state index contributed by atoms with van der Waals surface area (Å²) in [6.45, 7) is 4.76. The van der Waals surface area contributed by atoms with Gasteiger partial charge in [0.15, 0.2) is 0 Å². The van der Waals surface area contributed by atoms with Gasteiger partial charge in [-0.25, -0.2) is 0 Å². The minimum Gasteiger partial charge on any atom is -0.135 e. The molecule has 0 spiro atoms. The van der Waals surface area contributed by atoms with E-state index in [-0.39, 0.29) is 5.41 Å². The van der Waals surface area contributed by atoms with Crippen molar-refractivity contribution in [3.63, 3.8) is 0 Å². The topological polar surface area (TPSA) is 0 Å². The molecule has 52 heavy (non-hydrogen) atoms. The lowest BCUT2D eigenvalue weighted by Gasteiger charge is -2.21. The lowest BCUT2D eigenvalue weighted by molar-refractivity contribution is 0.661. The van der Waals surface area contributed by atoms with Gasteiger partial charge < -0.3 is 0 Å². The molecule has 1 heterocycles. The van der Waals surface area contributed by atoms with Crippen LogP contribution in [0.4, 0.5) is 0 Å². The van der Waals surface area contributed by atoms with Crippen molar-refractivity contribution in [2.75, 3.05) is 0 Å². The zero-order chi connectivity index (χ0) is 34.6. The molecule has 1 aliphatic carbocycles. The predicted octanol–water partition coefficient (Wildman–Crippen LogP) is 14.8. The number of benzene rings is 9. The van der Waals surface area contributed by atoms with E-state index in [0.29, 0.717) is 0 Å². The summed E-state index contributed by atoms with van der Waals surface area (Å²) in [5.41, 5.74) is 13.1. The monoisotopic (exact) mass is 678 g/mol. The zero-order valence-electron chi connectivity index (χ0n) is 29.1. The van der Waals surface area contributed by atoms with Crippen molar-refractivity contribution in [2.45, 2.75) is 19.3 Å². The van der Waals surface area contributed by atoms with E-state index in [9.17, 15) is 0 Å². The third-order valence-electron chi connectivity index (χ3n) is 11.6. The Labute approximate surface area is 307 Å². The molecule has 11 rings (SSSR count). The Morgan fingerprint density at radius 1 is 0.346 bits per heavy atom. The van der Waals surface area contributed by atoms with E-state index < -0.39 is 0 Å². The van der Waals surface area contributed by atoms with Gasteiger partial charge in [0.25, 0.3) is 0 Å². The fraction of sp³-hybridized carbons (Fsp3) is 0.0588. The molecule has 0 N–H and O–H groups in total. The van der Waals surface area contributed by atoms with Gasteiger partial charge in [-0.1, -0.05) is 153 Å². The van der Waals surface area contributed by atoms with Crippen LogP contribution in [0.5, 0.6) is 0 Å². The fourth-order valence-electron chi connectivity index (χ4n) is 9.07. The smallest absolute Gasteiger partial charge is 0.0361 e. The Kier molecular flexibility index (Phi) is 6.27. The highest BCUT2D eigenvalue weighted by Gasteiger charge is 2.36. The normalized spacial score (nSPS) is 13.3. The van der Waals surface area contributed by atoms with Crippen LogP contribution in [-0.4, -0.2) is 0 Å². The van der Waals surface area contributed by atoms with E-state index in [0.717, 1.165) is 0 Å². The van der Waals surface area contributed by atoms with Gasteiger partial charge in [0, 0.05) is 25.6 Å². The summed E-state index contributed by atoms with van der Waals surface area (Å²) in [4.78, 5) is 0. The summed E-state index contributed by atoms with van der Waals surface area (Å²) in [5, 5.41) is 10.4. The highest BCUT2D eigenvalue weighted by Crippen LogP contribution is 2.52. The molecule has 0 fully saturated rings. The van der Waals surface area contributed by atoms with Crippen LogP contribution in [-0.2, 0) is 5.41 Å². The Morgan fingerprint density at radius 3 is 1.60 bits per heavy atom. The average Bonchev–Trinajstić information content (AvgIpc) is 3.66. The van der Waals surface area contributed by atoms with E-state index in [1.54, 1.807) is 0 Å². The highest BCUT2D eigenvalue weighted by molar-refractivity contribution is 7.25. The maximum Gasteiger partial charge on any atom is 0.0361 e. The van der Waals surface area contributed by atoms with E-state index in [4.69, 9.17) is 0 Å². The van der Waals surface area contributed by atoms with Crippen molar-refractivity contribution in [3.8, 4) is 44.5 Å². The average molecular weight is 679 g/mol. The first-order valence-electron chi connectivity index (χ1n) is 18.2. The molecule has 0 nitrogen and oxygen atoms in total. The van der Waals surface area contributed by atoms with Gasteiger partial charge in [0.1, 0.15) is 0 Å². The molecule has 1 aromatic heterocycles. The second kappa shape index (κ2) is 11.0. The third kappa shape index (κ3) is 4.27. The van der Waals surface area contributed by atoms with Crippen molar-refractivity contribution in [2.24, 2.45) is 0 Å². The maximum atomic E-state index is 2.47.